The highest BCUT2D eigenvalue weighted by molar-refractivity contribution is 5.45. The predicted octanol–water partition coefficient (Wildman–Crippen LogP) is 3.35. The number of halogens is 3. The van der Waals surface area contributed by atoms with E-state index in [9.17, 15) is 13.2 Å². The van der Waals surface area contributed by atoms with Gasteiger partial charge in [0, 0.05) is 5.69 Å². The molecule has 0 bridgehead atoms. The highest BCUT2D eigenvalue weighted by Crippen LogP contribution is 2.31. The molecule has 0 aliphatic rings. The molecule has 0 unspecified atom stereocenters. The summed E-state index contributed by atoms with van der Waals surface area (Å²) in [4.78, 5) is 3.33. The van der Waals surface area contributed by atoms with Crippen molar-refractivity contribution < 1.29 is 17.9 Å². The standard InChI is InChI=1S/C13H8F3N3O/c14-13(15,16)11-6-1-8(7-17)12(19-11)20-10-4-2-9(18)3-5-10/h1-6H,18H2. The summed E-state index contributed by atoms with van der Waals surface area (Å²) >= 11 is 0. The van der Waals surface area contributed by atoms with Crippen molar-refractivity contribution in [2.45, 2.75) is 6.18 Å². The lowest BCUT2D eigenvalue weighted by molar-refractivity contribution is -0.141. The van der Waals surface area contributed by atoms with Crippen LogP contribution in [0.2, 0.25) is 0 Å². The number of pyridine rings is 1. The van der Waals surface area contributed by atoms with Crippen molar-refractivity contribution >= 4 is 5.69 Å². The molecule has 0 atom stereocenters. The second-order valence-electron chi connectivity index (χ2n) is 3.83. The third-order valence-corrected chi connectivity index (χ3v) is 2.37. The van der Waals surface area contributed by atoms with Crippen molar-refractivity contribution in [1.82, 2.24) is 4.98 Å². The zero-order chi connectivity index (χ0) is 14.8. The summed E-state index contributed by atoms with van der Waals surface area (Å²) in [5.41, 5.74) is 4.76. The van der Waals surface area contributed by atoms with Crippen molar-refractivity contribution in [3.05, 3.63) is 47.7 Å². The smallest absolute Gasteiger partial charge is 0.433 e. The number of alkyl halides is 3. The fourth-order valence-corrected chi connectivity index (χ4v) is 1.41. The van der Waals surface area contributed by atoms with Crippen LogP contribution in [-0.4, -0.2) is 4.98 Å². The Balaban J connectivity index is 2.39. The second-order valence-corrected chi connectivity index (χ2v) is 3.83. The van der Waals surface area contributed by atoms with Crippen molar-refractivity contribution in [2.24, 2.45) is 0 Å². The molecule has 0 radical (unpaired) electrons. The van der Waals surface area contributed by atoms with Crippen LogP contribution in [0.1, 0.15) is 11.3 Å². The first-order valence-electron chi connectivity index (χ1n) is 5.42. The molecule has 1 aromatic carbocycles. The van der Waals surface area contributed by atoms with Crippen molar-refractivity contribution in [1.29, 1.82) is 5.26 Å². The molecule has 0 aliphatic heterocycles. The van der Waals surface area contributed by atoms with E-state index in [2.05, 4.69) is 4.98 Å². The summed E-state index contributed by atoms with van der Waals surface area (Å²) in [6.07, 6.45) is -4.60. The van der Waals surface area contributed by atoms with Crippen LogP contribution in [0.15, 0.2) is 36.4 Å². The number of nitriles is 1. The Morgan fingerprint density at radius 1 is 1.10 bits per heavy atom. The first kappa shape index (κ1) is 13.7. The van der Waals surface area contributed by atoms with Crippen LogP contribution in [-0.2, 0) is 6.18 Å². The van der Waals surface area contributed by atoms with E-state index in [1.54, 1.807) is 6.07 Å². The number of benzene rings is 1. The van der Waals surface area contributed by atoms with Gasteiger partial charge in [-0.25, -0.2) is 4.98 Å². The van der Waals surface area contributed by atoms with Crippen LogP contribution < -0.4 is 10.5 Å². The molecule has 4 nitrogen and oxygen atoms in total. The minimum Gasteiger partial charge on any atom is -0.438 e. The first-order valence-corrected chi connectivity index (χ1v) is 5.42. The number of anilines is 1. The average molecular weight is 279 g/mol. The van der Waals surface area contributed by atoms with Gasteiger partial charge >= 0.3 is 6.18 Å². The monoisotopic (exact) mass is 279 g/mol. The Bertz CT molecular complexity index is 660. The van der Waals surface area contributed by atoms with Gasteiger partial charge in [0.25, 0.3) is 0 Å². The summed E-state index contributed by atoms with van der Waals surface area (Å²) in [5, 5.41) is 8.86. The summed E-state index contributed by atoms with van der Waals surface area (Å²) < 4.78 is 42.9. The maximum absolute atomic E-state index is 12.6. The molecule has 102 valence electrons. The normalized spacial score (nSPS) is 10.9. The molecule has 2 rings (SSSR count). The van der Waals surface area contributed by atoms with Crippen LogP contribution >= 0.6 is 0 Å². The van der Waals surface area contributed by atoms with E-state index in [0.29, 0.717) is 5.69 Å². The Kier molecular flexibility index (Phi) is 3.48. The van der Waals surface area contributed by atoms with E-state index in [1.165, 1.54) is 24.3 Å². The number of rotatable bonds is 2. The highest BCUT2D eigenvalue weighted by Gasteiger charge is 2.33. The van der Waals surface area contributed by atoms with Crippen LogP contribution in [0.4, 0.5) is 18.9 Å². The van der Waals surface area contributed by atoms with Crippen LogP contribution in [0.25, 0.3) is 0 Å². The molecule has 2 N–H and O–H groups in total. The lowest BCUT2D eigenvalue weighted by Crippen LogP contribution is -2.09. The van der Waals surface area contributed by atoms with E-state index >= 15 is 0 Å². The lowest BCUT2D eigenvalue weighted by Gasteiger charge is -2.10. The zero-order valence-corrected chi connectivity index (χ0v) is 9.98. The third kappa shape index (κ3) is 2.98. The van der Waals surface area contributed by atoms with Gasteiger partial charge in [-0.1, -0.05) is 0 Å². The van der Waals surface area contributed by atoms with Crippen molar-refractivity contribution in [2.75, 3.05) is 5.73 Å². The molecule has 1 aromatic heterocycles. The predicted molar refractivity (Wildman–Crippen MR) is 64.9 cm³/mol. The topological polar surface area (TPSA) is 71.9 Å². The lowest BCUT2D eigenvalue weighted by atomic mass is 10.2. The maximum Gasteiger partial charge on any atom is 0.433 e. The third-order valence-electron chi connectivity index (χ3n) is 2.37. The molecular weight excluding hydrogens is 271 g/mol. The second kappa shape index (κ2) is 5.09. The molecule has 7 heteroatoms. The van der Waals surface area contributed by atoms with Crippen LogP contribution in [0, 0.1) is 11.3 Å². The van der Waals surface area contributed by atoms with E-state index in [-0.39, 0.29) is 11.3 Å². The van der Waals surface area contributed by atoms with E-state index in [1.807, 2.05) is 0 Å². The number of aromatic nitrogens is 1. The molecule has 0 saturated heterocycles. The van der Waals surface area contributed by atoms with Gasteiger partial charge < -0.3 is 10.5 Å². The van der Waals surface area contributed by atoms with Gasteiger partial charge in [0.2, 0.25) is 5.88 Å². The van der Waals surface area contributed by atoms with E-state index < -0.39 is 17.8 Å². The number of nitrogens with zero attached hydrogens (tertiary/aromatic N) is 2. The Labute approximate surface area is 112 Å². The number of ether oxygens (including phenoxy) is 1. The maximum atomic E-state index is 12.6. The summed E-state index contributed by atoms with van der Waals surface area (Å²) in [7, 11) is 0. The Morgan fingerprint density at radius 2 is 1.75 bits per heavy atom. The Morgan fingerprint density at radius 3 is 2.30 bits per heavy atom. The number of hydrogen-bond donors (Lipinski definition) is 1. The minimum atomic E-state index is -4.60. The van der Waals surface area contributed by atoms with E-state index in [0.717, 1.165) is 12.1 Å². The number of nitrogens with two attached hydrogens (primary N) is 1. The van der Waals surface area contributed by atoms with Gasteiger partial charge in [0.1, 0.15) is 23.1 Å². The molecule has 1 heterocycles. The van der Waals surface area contributed by atoms with Gasteiger partial charge in [0.15, 0.2) is 0 Å². The number of hydrogen-bond acceptors (Lipinski definition) is 4. The highest BCUT2D eigenvalue weighted by atomic mass is 19.4. The summed E-state index contributed by atoms with van der Waals surface area (Å²) in [6, 6.07) is 9.46. The fraction of sp³-hybridized carbons (Fsp3) is 0.0769. The molecule has 0 fully saturated rings. The van der Waals surface area contributed by atoms with Gasteiger partial charge in [-0.2, -0.15) is 18.4 Å². The molecule has 0 amide bonds. The minimum absolute atomic E-state index is 0.0881. The van der Waals surface area contributed by atoms with Crippen molar-refractivity contribution in [3.63, 3.8) is 0 Å². The molecule has 0 spiro atoms. The zero-order valence-electron chi connectivity index (χ0n) is 9.98. The van der Waals surface area contributed by atoms with Gasteiger partial charge in [-0.15, -0.1) is 0 Å². The number of nitrogen functional groups attached to an aromatic ring is 1. The molecular formula is C13H8F3N3O. The molecule has 20 heavy (non-hydrogen) atoms. The SMILES string of the molecule is N#Cc1ccc(C(F)(F)F)nc1Oc1ccc(N)cc1. The van der Waals surface area contributed by atoms with E-state index in [4.69, 9.17) is 15.7 Å². The fourth-order valence-electron chi connectivity index (χ4n) is 1.41. The molecule has 2 aromatic rings. The largest absolute Gasteiger partial charge is 0.438 e. The summed E-state index contributed by atoms with van der Waals surface area (Å²) in [5.74, 6) is -0.158. The van der Waals surface area contributed by atoms with Crippen molar-refractivity contribution in [3.8, 4) is 17.7 Å². The van der Waals surface area contributed by atoms with Gasteiger partial charge in [0.05, 0.1) is 0 Å². The Hall–Kier alpha value is -2.75. The van der Waals surface area contributed by atoms with Crippen LogP contribution in [0.5, 0.6) is 11.6 Å². The quantitative estimate of drug-likeness (QED) is 0.856. The van der Waals surface area contributed by atoms with Crippen LogP contribution in [0.3, 0.4) is 0 Å². The molecule has 0 saturated carbocycles. The average Bonchev–Trinajstić information content (AvgIpc) is 2.40. The van der Waals surface area contributed by atoms with Gasteiger partial charge in [-0.05, 0) is 36.4 Å². The first-order chi connectivity index (χ1) is 9.40. The van der Waals surface area contributed by atoms with Gasteiger partial charge in [-0.3, -0.25) is 0 Å². The summed E-state index contributed by atoms with van der Waals surface area (Å²) in [6.45, 7) is 0. The molecule has 0 aliphatic carbocycles.